The molecule has 2 aliphatic heterocycles. The maximum Gasteiger partial charge on any atom is 0.360 e. The Bertz CT molecular complexity index is 709. The van der Waals surface area contributed by atoms with Crippen molar-refractivity contribution in [1.29, 1.82) is 0 Å². The third-order valence-corrected chi connectivity index (χ3v) is 4.87. The van der Waals surface area contributed by atoms with Gasteiger partial charge in [0, 0.05) is 31.3 Å². The van der Waals surface area contributed by atoms with E-state index in [9.17, 15) is 4.79 Å². The first-order valence-corrected chi connectivity index (χ1v) is 8.83. The van der Waals surface area contributed by atoms with E-state index < -0.39 is 5.97 Å². The van der Waals surface area contributed by atoms with Gasteiger partial charge in [0.05, 0.1) is 6.61 Å². The number of para-hydroxylation sites is 1. The number of carbonyl (C=O) groups is 1. The Labute approximate surface area is 146 Å². The smallest absolute Gasteiger partial charge is 0.360 e. The van der Waals surface area contributed by atoms with Gasteiger partial charge in [-0.2, -0.15) is 0 Å². The van der Waals surface area contributed by atoms with Crippen LogP contribution in [0.5, 0.6) is 0 Å². The van der Waals surface area contributed by atoms with Crippen LogP contribution >= 0.6 is 0 Å². The molecule has 2 aromatic rings. The summed E-state index contributed by atoms with van der Waals surface area (Å²) in [5.41, 5.74) is 1.47. The number of hydrogen-bond donors (Lipinski definition) is 0. The van der Waals surface area contributed by atoms with Crippen molar-refractivity contribution in [3.8, 4) is 0 Å². The van der Waals surface area contributed by atoms with Crippen LogP contribution in [0.1, 0.15) is 41.6 Å². The summed E-state index contributed by atoms with van der Waals surface area (Å²) in [6.07, 6.45) is 3.95. The average Bonchev–Trinajstić information content (AvgIpc) is 3.41. The Balaban J connectivity index is 1.32. The van der Waals surface area contributed by atoms with E-state index in [-0.39, 0.29) is 11.8 Å². The summed E-state index contributed by atoms with van der Waals surface area (Å²) in [6, 6.07) is 10.3. The lowest BCUT2D eigenvalue weighted by Crippen LogP contribution is -2.22. The molecule has 2 aliphatic rings. The van der Waals surface area contributed by atoms with E-state index >= 15 is 0 Å². The van der Waals surface area contributed by atoms with E-state index in [1.807, 2.05) is 18.2 Å². The van der Waals surface area contributed by atoms with Crippen LogP contribution in [0.25, 0.3) is 0 Å². The molecule has 0 aliphatic carbocycles. The molecule has 0 radical (unpaired) electrons. The van der Waals surface area contributed by atoms with E-state index in [0.29, 0.717) is 24.9 Å². The van der Waals surface area contributed by atoms with Crippen molar-refractivity contribution in [2.24, 2.45) is 5.92 Å². The van der Waals surface area contributed by atoms with Gasteiger partial charge in [-0.3, -0.25) is 0 Å². The Morgan fingerprint density at radius 3 is 2.96 bits per heavy atom. The van der Waals surface area contributed by atoms with E-state index in [1.165, 1.54) is 12.1 Å². The third kappa shape index (κ3) is 3.54. The zero-order chi connectivity index (χ0) is 17.1. The number of carbonyl (C=O) groups excluding carboxylic acids is 1. The monoisotopic (exact) mass is 342 g/mol. The molecule has 3 heterocycles. The van der Waals surface area contributed by atoms with Gasteiger partial charge in [0.2, 0.25) is 0 Å². The van der Waals surface area contributed by atoms with E-state index in [1.54, 1.807) is 0 Å². The number of nitrogens with zero attached hydrogens (tertiary/aromatic N) is 2. The maximum absolute atomic E-state index is 12.4. The minimum Gasteiger partial charge on any atom is -0.461 e. The molecular formula is C19H22N2O4. The fourth-order valence-electron chi connectivity index (χ4n) is 3.53. The summed E-state index contributed by atoms with van der Waals surface area (Å²) >= 11 is 0. The summed E-state index contributed by atoms with van der Waals surface area (Å²) in [4.78, 5) is 18.7. The average molecular weight is 342 g/mol. The molecule has 1 aromatic heterocycles. The molecule has 4 rings (SSSR count). The Hall–Kier alpha value is -2.34. The van der Waals surface area contributed by atoms with Crippen LogP contribution in [-0.2, 0) is 9.47 Å². The van der Waals surface area contributed by atoms with Gasteiger partial charge in [0.1, 0.15) is 6.10 Å². The molecule has 6 heteroatoms. The van der Waals surface area contributed by atoms with Crippen molar-refractivity contribution < 1.29 is 18.7 Å². The van der Waals surface area contributed by atoms with Gasteiger partial charge in [0.25, 0.3) is 0 Å². The Morgan fingerprint density at radius 1 is 1.28 bits per heavy atom. The van der Waals surface area contributed by atoms with Gasteiger partial charge in [-0.15, -0.1) is 0 Å². The highest BCUT2D eigenvalue weighted by atomic mass is 16.5. The molecule has 2 fully saturated rings. The van der Waals surface area contributed by atoms with Gasteiger partial charge in [-0.1, -0.05) is 18.2 Å². The van der Waals surface area contributed by atoms with Crippen molar-refractivity contribution in [2.75, 3.05) is 31.2 Å². The molecule has 1 aromatic carbocycles. The first-order valence-electron chi connectivity index (χ1n) is 8.83. The molecule has 0 spiro atoms. The van der Waals surface area contributed by atoms with E-state index in [2.05, 4.69) is 22.0 Å². The number of hydrogen-bond acceptors (Lipinski definition) is 6. The van der Waals surface area contributed by atoms with Crippen LogP contribution in [0.2, 0.25) is 0 Å². The lowest BCUT2D eigenvalue weighted by atomic mass is 10.1. The van der Waals surface area contributed by atoms with Crippen LogP contribution in [0.4, 0.5) is 5.69 Å². The molecule has 25 heavy (non-hydrogen) atoms. The predicted molar refractivity (Wildman–Crippen MR) is 91.5 cm³/mol. The van der Waals surface area contributed by atoms with Gasteiger partial charge in [-0.05, 0) is 31.4 Å². The quantitative estimate of drug-likeness (QED) is 0.778. The number of rotatable bonds is 5. The first-order chi connectivity index (χ1) is 12.3. The molecule has 0 bridgehead atoms. The molecule has 0 saturated carbocycles. The largest absolute Gasteiger partial charge is 0.461 e. The maximum atomic E-state index is 12.4. The molecular weight excluding hydrogens is 320 g/mol. The molecule has 2 atom stereocenters. The van der Waals surface area contributed by atoms with Crippen molar-refractivity contribution >= 4 is 11.7 Å². The fourth-order valence-corrected chi connectivity index (χ4v) is 3.53. The predicted octanol–water partition coefficient (Wildman–Crippen LogP) is 3.21. The second kappa shape index (κ2) is 7.27. The highest BCUT2D eigenvalue weighted by Crippen LogP contribution is 2.31. The van der Waals surface area contributed by atoms with Crippen molar-refractivity contribution in [3.05, 3.63) is 48.2 Å². The standard InChI is InChI=1S/C19H22N2O4/c22-19(17-18(25-13-20-17)16-7-4-10-23-16)24-12-14-8-9-21(11-14)15-5-2-1-3-6-15/h1-3,5-6,13-14,16H,4,7-12H2/t14-,16+/m1/s1. The summed E-state index contributed by atoms with van der Waals surface area (Å²) in [5, 5.41) is 0. The number of anilines is 1. The SMILES string of the molecule is O=C(OC[C@@H]1CCN(c2ccccc2)C1)c1ncoc1[C@@H]1CCCO1. The molecule has 0 unspecified atom stereocenters. The van der Waals surface area contributed by atoms with E-state index in [4.69, 9.17) is 13.9 Å². The van der Waals surface area contributed by atoms with Crippen LogP contribution in [0, 0.1) is 5.92 Å². The second-order valence-corrected chi connectivity index (χ2v) is 6.60. The molecule has 0 amide bonds. The number of aromatic nitrogens is 1. The van der Waals surface area contributed by atoms with Gasteiger partial charge >= 0.3 is 5.97 Å². The third-order valence-electron chi connectivity index (χ3n) is 4.87. The van der Waals surface area contributed by atoms with Crippen LogP contribution < -0.4 is 4.90 Å². The molecule has 132 valence electrons. The van der Waals surface area contributed by atoms with Crippen molar-refractivity contribution in [3.63, 3.8) is 0 Å². The molecule has 6 nitrogen and oxygen atoms in total. The zero-order valence-electron chi connectivity index (χ0n) is 14.1. The number of esters is 1. The lowest BCUT2D eigenvalue weighted by molar-refractivity contribution is 0.0426. The Morgan fingerprint density at radius 2 is 2.16 bits per heavy atom. The molecule has 2 saturated heterocycles. The fraction of sp³-hybridized carbons (Fsp3) is 0.474. The highest BCUT2D eigenvalue weighted by molar-refractivity contribution is 5.88. The summed E-state index contributed by atoms with van der Waals surface area (Å²) in [7, 11) is 0. The zero-order valence-corrected chi connectivity index (χ0v) is 14.1. The summed E-state index contributed by atoms with van der Waals surface area (Å²) in [5.74, 6) is 0.416. The van der Waals surface area contributed by atoms with Gasteiger partial charge in [0.15, 0.2) is 17.8 Å². The minimum absolute atomic E-state index is 0.176. The normalized spacial score (nSPS) is 23.1. The second-order valence-electron chi connectivity index (χ2n) is 6.60. The van der Waals surface area contributed by atoms with Crippen LogP contribution in [-0.4, -0.2) is 37.3 Å². The molecule has 0 N–H and O–H groups in total. The topological polar surface area (TPSA) is 64.8 Å². The summed E-state index contributed by atoms with van der Waals surface area (Å²) in [6.45, 7) is 2.98. The number of ether oxygens (including phenoxy) is 2. The Kier molecular flexibility index (Phi) is 4.70. The van der Waals surface area contributed by atoms with Crippen molar-refractivity contribution in [1.82, 2.24) is 4.98 Å². The van der Waals surface area contributed by atoms with Crippen LogP contribution in [0.15, 0.2) is 41.1 Å². The lowest BCUT2D eigenvalue weighted by Gasteiger charge is -2.18. The highest BCUT2D eigenvalue weighted by Gasteiger charge is 2.30. The van der Waals surface area contributed by atoms with Crippen molar-refractivity contribution in [2.45, 2.75) is 25.4 Å². The van der Waals surface area contributed by atoms with Crippen LogP contribution in [0.3, 0.4) is 0 Å². The summed E-state index contributed by atoms with van der Waals surface area (Å²) < 4.78 is 16.5. The van der Waals surface area contributed by atoms with Gasteiger partial charge in [-0.25, -0.2) is 9.78 Å². The first kappa shape index (κ1) is 16.1. The minimum atomic E-state index is -0.419. The van der Waals surface area contributed by atoms with E-state index in [0.717, 1.165) is 32.4 Å². The number of oxazole rings is 1. The number of benzene rings is 1. The van der Waals surface area contributed by atoms with Gasteiger partial charge < -0.3 is 18.8 Å².